The Hall–Kier alpha value is -2.89. The Morgan fingerprint density at radius 3 is 2.48 bits per heavy atom. The van der Waals surface area contributed by atoms with Gasteiger partial charge in [-0.15, -0.1) is 0 Å². The van der Waals surface area contributed by atoms with Gasteiger partial charge in [-0.2, -0.15) is 0 Å². The molecule has 2 heterocycles. The molecule has 2 aromatic rings. The molecule has 1 aliphatic carbocycles. The molecule has 1 N–H and O–H groups in total. The van der Waals surface area contributed by atoms with Crippen molar-refractivity contribution < 1.29 is 14.3 Å². The van der Waals surface area contributed by atoms with E-state index in [4.69, 9.17) is 4.74 Å². The van der Waals surface area contributed by atoms with Crippen LogP contribution < -0.4 is 10.1 Å². The smallest absolute Gasteiger partial charge is 0.231 e. The van der Waals surface area contributed by atoms with E-state index in [0.717, 1.165) is 24.0 Å². The summed E-state index contributed by atoms with van der Waals surface area (Å²) in [6.45, 7) is 3.13. The summed E-state index contributed by atoms with van der Waals surface area (Å²) in [5.41, 5.74) is 1.26. The van der Waals surface area contributed by atoms with Gasteiger partial charge in [0.2, 0.25) is 17.7 Å². The van der Waals surface area contributed by atoms with Crippen LogP contribution in [0.2, 0.25) is 0 Å². The van der Waals surface area contributed by atoms with E-state index in [1.165, 1.54) is 12.8 Å². The summed E-state index contributed by atoms with van der Waals surface area (Å²) in [5.74, 6) is 0.679. The molecular formula is C25H31N3O3. The first kappa shape index (κ1) is 21.3. The molecule has 0 bridgehead atoms. The monoisotopic (exact) mass is 421 g/mol. The van der Waals surface area contributed by atoms with E-state index in [0.29, 0.717) is 38.4 Å². The summed E-state index contributed by atoms with van der Waals surface area (Å²) in [7, 11) is 0. The normalized spacial score (nSPS) is 18.5. The van der Waals surface area contributed by atoms with Gasteiger partial charge >= 0.3 is 0 Å². The summed E-state index contributed by atoms with van der Waals surface area (Å²) < 4.78 is 6.13. The Bertz CT molecular complexity index is 901. The van der Waals surface area contributed by atoms with Crippen LogP contribution in [-0.2, 0) is 21.5 Å². The van der Waals surface area contributed by atoms with Crippen molar-refractivity contribution in [3.8, 4) is 5.88 Å². The zero-order valence-electron chi connectivity index (χ0n) is 18.2. The van der Waals surface area contributed by atoms with E-state index in [9.17, 15) is 9.59 Å². The molecule has 6 heteroatoms. The van der Waals surface area contributed by atoms with Crippen LogP contribution in [0.3, 0.4) is 0 Å². The number of amides is 2. The number of hydrogen-bond donors (Lipinski definition) is 1. The third-order valence-corrected chi connectivity index (χ3v) is 6.69. The van der Waals surface area contributed by atoms with Crippen molar-refractivity contribution in [1.82, 2.24) is 15.2 Å². The van der Waals surface area contributed by atoms with Gasteiger partial charge in [-0.05, 0) is 50.2 Å². The van der Waals surface area contributed by atoms with Gasteiger partial charge in [-0.1, -0.05) is 36.4 Å². The van der Waals surface area contributed by atoms with E-state index in [-0.39, 0.29) is 17.9 Å². The van der Waals surface area contributed by atoms with Gasteiger partial charge in [-0.3, -0.25) is 9.59 Å². The molecule has 1 aromatic carbocycles. The standard InChI is InChI=1S/C25H31N3O3/c1-19(29)28-16-13-25(14-17-28,21-9-3-2-4-10-21)24(30)27-18-20-8-7-15-26-23(20)31-22-11-5-6-12-22/h2-4,7-10,15,22H,5-6,11-14,16-18H2,1H3,(H,27,30). The van der Waals surface area contributed by atoms with Crippen LogP contribution in [-0.4, -0.2) is 40.9 Å². The molecule has 0 atom stereocenters. The molecule has 2 fully saturated rings. The van der Waals surface area contributed by atoms with Crippen molar-refractivity contribution in [3.05, 3.63) is 59.8 Å². The zero-order valence-corrected chi connectivity index (χ0v) is 18.2. The molecule has 2 aliphatic rings. The Labute approximate surface area is 184 Å². The van der Waals surface area contributed by atoms with E-state index in [1.54, 1.807) is 13.1 Å². The number of rotatable bonds is 6. The molecule has 2 amide bonds. The van der Waals surface area contributed by atoms with Crippen molar-refractivity contribution in [2.45, 2.75) is 63.5 Å². The molecule has 0 unspecified atom stereocenters. The second-order valence-corrected chi connectivity index (χ2v) is 8.63. The molecule has 31 heavy (non-hydrogen) atoms. The van der Waals surface area contributed by atoms with Crippen LogP contribution in [0.4, 0.5) is 0 Å². The Kier molecular flexibility index (Phi) is 6.54. The fourth-order valence-corrected chi connectivity index (χ4v) is 4.78. The van der Waals surface area contributed by atoms with Gasteiger partial charge in [0.05, 0.1) is 5.41 Å². The third kappa shape index (κ3) is 4.73. The first-order valence-corrected chi connectivity index (χ1v) is 11.3. The number of hydrogen-bond acceptors (Lipinski definition) is 4. The lowest BCUT2D eigenvalue weighted by Gasteiger charge is -2.40. The van der Waals surface area contributed by atoms with E-state index >= 15 is 0 Å². The van der Waals surface area contributed by atoms with Gasteiger partial charge in [0, 0.05) is 38.3 Å². The van der Waals surface area contributed by atoms with Gasteiger partial charge in [0.25, 0.3) is 0 Å². The van der Waals surface area contributed by atoms with Crippen LogP contribution in [0, 0.1) is 0 Å². The predicted octanol–water partition coefficient (Wildman–Crippen LogP) is 3.60. The molecule has 6 nitrogen and oxygen atoms in total. The lowest BCUT2D eigenvalue weighted by Crippen LogP contribution is -2.52. The minimum absolute atomic E-state index is 0.00225. The Morgan fingerprint density at radius 2 is 1.81 bits per heavy atom. The van der Waals surface area contributed by atoms with Crippen LogP contribution in [0.25, 0.3) is 0 Å². The zero-order chi connectivity index (χ0) is 21.7. The Balaban J connectivity index is 1.49. The van der Waals surface area contributed by atoms with Crippen LogP contribution >= 0.6 is 0 Å². The number of nitrogens with zero attached hydrogens (tertiary/aromatic N) is 2. The second-order valence-electron chi connectivity index (χ2n) is 8.63. The quantitative estimate of drug-likeness (QED) is 0.774. The molecule has 1 aliphatic heterocycles. The largest absolute Gasteiger partial charge is 0.474 e. The summed E-state index contributed by atoms with van der Waals surface area (Å²) in [6, 6.07) is 13.8. The predicted molar refractivity (Wildman–Crippen MR) is 119 cm³/mol. The van der Waals surface area contributed by atoms with E-state index in [1.807, 2.05) is 47.4 Å². The lowest BCUT2D eigenvalue weighted by molar-refractivity contribution is -0.135. The minimum atomic E-state index is -0.637. The van der Waals surface area contributed by atoms with Crippen molar-refractivity contribution in [2.75, 3.05) is 13.1 Å². The summed E-state index contributed by atoms with van der Waals surface area (Å²) in [4.78, 5) is 31.6. The average molecular weight is 422 g/mol. The average Bonchev–Trinajstić information content (AvgIpc) is 3.32. The van der Waals surface area contributed by atoms with Crippen molar-refractivity contribution in [1.29, 1.82) is 0 Å². The van der Waals surface area contributed by atoms with Gasteiger partial charge in [0.1, 0.15) is 6.10 Å². The molecule has 0 radical (unpaired) electrons. The number of pyridine rings is 1. The number of aromatic nitrogens is 1. The second kappa shape index (κ2) is 9.50. The maximum atomic E-state index is 13.6. The molecule has 1 saturated heterocycles. The van der Waals surface area contributed by atoms with Gasteiger partial charge in [0.15, 0.2) is 0 Å². The van der Waals surface area contributed by atoms with E-state index < -0.39 is 5.41 Å². The highest BCUT2D eigenvalue weighted by Gasteiger charge is 2.43. The van der Waals surface area contributed by atoms with Crippen LogP contribution in [0.15, 0.2) is 48.7 Å². The highest BCUT2D eigenvalue weighted by molar-refractivity contribution is 5.88. The van der Waals surface area contributed by atoms with Crippen molar-refractivity contribution in [2.24, 2.45) is 0 Å². The maximum Gasteiger partial charge on any atom is 0.231 e. The number of carbonyl (C=O) groups excluding carboxylic acids is 2. The van der Waals surface area contributed by atoms with Gasteiger partial charge in [-0.25, -0.2) is 4.98 Å². The van der Waals surface area contributed by atoms with Gasteiger partial charge < -0.3 is 15.0 Å². The maximum absolute atomic E-state index is 13.6. The molecule has 164 valence electrons. The van der Waals surface area contributed by atoms with Crippen LogP contribution in [0.1, 0.15) is 56.6 Å². The van der Waals surface area contributed by atoms with Crippen LogP contribution in [0.5, 0.6) is 5.88 Å². The fraction of sp³-hybridized carbons (Fsp3) is 0.480. The number of likely N-dealkylation sites (tertiary alicyclic amines) is 1. The summed E-state index contributed by atoms with van der Waals surface area (Å²) in [5, 5.41) is 3.15. The third-order valence-electron chi connectivity index (χ3n) is 6.69. The highest BCUT2D eigenvalue weighted by atomic mass is 16.5. The highest BCUT2D eigenvalue weighted by Crippen LogP contribution is 2.36. The van der Waals surface area contributed by atoms with Crippen molar-refractivity contribution >= 4 is 11.8 Å². The number of ether oxygens (including phenoxy) is 1. The molecular weight excluding hydrogens is 390 g/mol. The van der Waals surface area contributed by atoms with E-state index in [2.05, 4.69) is 10.3 Å². The minimum Gasteiger partial charge on any atom is -0.474 e. The lowest BCUT2D eigenvalue weighted by atomic mass is 9.72. The SMILES string of the molecule is CC(=O)N1CCC(C(=O)NCc2cccnc2OC2CCCC2)(c2ccccc2)CC1. The summed E-state index contributed by atoms with van der Waals surface area (Å²) in [6.07, 6.45) is 7.69. The fourth-order valence-electron chi connectivity index (χ4n) is 4.78. The number of carbonyl (C=O) groups is 2. The molecule has 1 aromatic heterocycles. The first-order valence-electron chi connectivity index (χ1n) is 11.3. The molecule has 0 spiro atoms. The number of piperidine rings is 1. The topological polar surface area (TPSA) is 71.5 Å². The number of benzene rings is 1. The Morgan fingerprint density at radius 1 is 1.10 bits per heavy atom. The first-order chi connectivity index (χ1) is 15.1. The number of nitrogens with one attached hydrogen (secondary N) is 1. The molecule has 4 rings (SSSR count). The molecule has 1 saturated carbocycles. The van der Waals surface area contributed by atoms with Crippen molar-refractivity contribution in [3.63, 3.8) is 0 Å². The summed E-state index contributed by atoms with van der Waals surface area (Å²) >= 11 is 0.